The van der Waals surface area contributed by atoms with Crippen LogP contribution in [-0.4, -0.2) is 45.3 Å². The van der Waals surface area contributed by atoms with Crippen molar-refractivity contribution < 1.29 is 14.0 Å². The molecule has 0 bridgehead atoms. The second-order valence-corrected chi connectivity index (χ2v) is 9.63. The highest BCUT2D eigenvalue weighted by atomic mass is 32.2. The van der Waals surface area contributed by atoms with Crippen molar-refractivity contribution in [2.24, 2.45) is 11.7 Å². The zero-order valence-electron chi connectivity index (χ0n) is 15.8. The molecule has 1 aliphatic heterocycles. The fourth-order valence-corrected chi connectivity index (χ4v) is 5.69. The van der Waals surface area contributed by atoms with Crippen molar-refractivity contribution in [2.45, 2.75) is 56.7 Å². The van der Waals surface area contributed by atoms with Crippen LogP contribution in [0.5, 0.6) is 0 Å². The first-order valence-corrected chi connectivity index (χ1v) is 11.5. The number of thioether (sulfide) groups is 1. The van der Waals surface area contributed by atoms with E-state index in [9.17, 15) is 9.59 Å². The molecule has 0 saturated carbocycles. The van der Waals surface area contributed by atoms with E-state index in [1.807, 2.05) is 0 Å². The highest BCUT2D eigenvalue weighted by Gasteiger charge is 2.30. The third-order valence-corrected chi connectivity index (χ3v) is 7.45. The largest absolute Gasteiger partial charge is 0.410 e. The van der Waals surface area contributed by atoms with Crippen LogP contribution in [0.2, 0.25) is 0 Å². The van der Waals surface area contributed by atoms with Crippen molar-refractivity contribution >= 4 is 34.9 Å². The van der Waals surface area contributed by atoms with Crippen molar-refractivity contribution in [3.8, 4) is 10.8 Å². The minimum Gasteiger partial charge on any atom is -0.410 e. The first-order valence-electron chi connectivity index (χ1n) is 9.68. The Hall–Kier alpha value is -1.87. The number of nitrogens with two attached hydrogens (primary N) is 1. The van der Waals surface area contributed by atoms with Crippen LogP contribution in [0.3, 0.4) is 0 Å². The maximum Gasteiger partial charge on any atom is 0.277 e. The van der Waals surface area contributed by atoms with Crippen molar-refractivity contribution in [1.82, 2.24) is 15.1 Å². The van der Waals surface area contributed by atoms with E-state index in [1.54, 1.807) is 16.2 Å². The van der Waals surface area contributed by atoms with Gasteiger partial charge >= 0.3 is 0 Å². The number of piperidine rings is 1. The van der Waals surface area contributed by atoms with Crippen LogP contribution in [0, 0.1) is 5.92 Å². The molecule has 1 aliphatic carbocycles. The summed E-state index contributed by atoms with van der Waals surface area (Å²) in [7, 11) is 0. The van der Waals surface area contributed by atoms with Crippen LogP contribution >= 0.6 is 23.1 Å². The van der Waals surface area contributed by atoms with E-state index in [-0.39, 0.29) is 11.7 Å². The molecule has 2 aromatic heterocycles. The third kappa shape index (κ3) is 4.10. The Bertz CT molecular complexity index is 878. The van der Waals surface area contributed by atoms with Crippen LogP contribution in [0.1, 0.15) is 43.0 Å². The van der Waals surface area contributed by atoms with Gasteiger partial charge in [-0.05, 0) is 56.1 Å². The van der Waals surface area contributed by atoms with Gasteiger partial charge in [0.25, 0.3) is 11.1 Å². The standard InChI is InChI=1S/C19H24N4O3S2/c1-11-5-6-14-12(8-11)9-15(28-14)18-21-22-19(26-18)27-10-16(24)23-7-3-2-4-13(23)17(20)25/h9,11,13H,2-8,10H2,1H3,(H2,20,25)/t11-,13+/m0/s1. The molecule has 2 aliphatic rings. The lowest BCUT2D eigenvalue weighted by molar-refractivity contribution is -0.138. The average molecular weight is 421 g/mol. The second-order valence-electron chi connectivity index (χ2n) is 7.57. The maximum absolute atomic E-state index is 12.5. The summed E-state index contributed by atoms with van der Waals surface area (Å²) >= 11 is 2.93. The van der Waals surface area contributed by atoms with Crippen LogP contribution < -0.4 is 5.73 Å². The molecule has 0 radical (unpaired) electrons. The van der Waals surface area contributed by atoms with Gasteiger partial charge in [0.05, 0.1) is 10.6 Å². The third-order valence-electron chi connectivity index (χ3n) is 5.42. The minimum atomic E-state index is -0.500. The van der Waals surface area contributed by atoms with E-state index < -0.39 is 11.9 Å². The SMILES string of the molecule is C[C@H]1CCc2sc(-c3nnc(SCC(=O)N4CCCC[C@@H]4C(N)=O)o3)cc2C1. The Morgan fingerprint density at radius 3 is 3.04 bits per heavy atom. The summed E-state index contributed by atoms with van der Waals surface area (Å²) in [5, 5.41) is 8.60. The molecular weight excluding hydrogens is 396 g/mol. The van der Waals surface area contributed by atoms with E-state index in [1.165, 1.54) is 28.6 Å². The van der Waals surface area contributed by atoms with Crippen LogP contribution in [0.25, 0.3) is 10.8 Å². The molecule has 1 saturated heterocycles. The van der Waals surface area contributed by atoms with Crippen molar-refractivity contribution in [3.05, 3.63) is 16.5 Å². The number of likely N-dealkylation sites (tertiary alicyclic amines) is 1. The molecule has 2 N–H and O–H groups in total. The number of thiophene rings is 1. The summed E-state index contributed by atoms with van der Waals surface area (Å²) in [5.74, 6) is 0.829. The average Bonchev–Trinajstić information content (AvgIpc) is 3.32. The molecular formula is C19H24N4O3S2. The Morgan fingerprint density at radius 1 is 1.36 bits per heavy atom. The minimum absolute atomic E-state index is 0.117. The highest BCUT2D eigenvalue weighted by molar-refractivity contribution is 7.99. The Balaban J connectivity index is 1.39. The lowest BCUT2D eigenvalue weighted by Crippen LogP contribution is -2.51. The number of rotatable bonds is 5. The van der Waals surface area contributed by atoms with Crippen molar-refractivity contribution in [3.63, 3.8) is 0 Å². The van der Waals surface area contributed by atoms with Gasteiger partial charge in [-0.15, -0.1) is 21.5 Å². The maximum atomic E-state index is 12.5. The van der Waals surface area contributed by atoms with E-state index in [0.717, 1.165) is 30.6 Å². The zero-order chi connectivity index (χ0) is 19.7. The van der Waals surface area contributed by atoms with Crippen LogP contribution in [0.4, 0.5) is 0 Å². The molecule has 4 rings (SSSR count). The fraction of sp³-hybridized carbons (Fsp3) is 0.579. The number of fused-ring (bicyclic) bond motifs is 1. The Kier molecular flexibility index (Phi) is 5.73. The molecule has 2 atom stereocenters. The van der Waals surface area contributed by atoms with Gasteiger partial charge in [0, 0.05) is 11.4 Å². The summed E-state index contributed by atoms with van der Waals surface area (Å²) in [6.07, 6.45) is 5.89. The van der Waals surface area contributed by atoms with E-state index in [0.29, 0.717) is 30.0 Å². The number of hydrogen-bond donors (Lipinski definition) is 1. The lowest BCUT2D eigenvalue weighted by Gasteiger charge is -2.33. The molecule has 28 heavy (non-hydrogen) atoms. The van der Waals surface area contributed by atoms with Gasteiger partial charge in [-0.1, -0.05) is 18.7 Å². The zero-order valence-corrected chi connectivity index (χ0v) is 17.5. The highest BCUT2D eigenvalue weighted by Crippen LogP contribution is 2.37. The molecule has 1 fully saturated rings. The fourth-order valence-electron chi connectivity index (χ4n) is 3.91. The van der Waals surface area contributed by atoms with Gasteiger partial charge in [-0.25, -0.2) is 0 Å². The van der Waals surface area contributed by atoms with Gasteiger partial charge in [-0.2, -0.15) is 0 Å². The van der Waals surface area contributed by atoms with Gasteiger partial charge in [-0.3, -0.25) is 9.59 Å². The monoisotopic (exact) mass is 420 g/mol. The lowest BCUT2D eigenvalue weighted by atomic mass is 9.90. The molecule has 7 nitrogen and oxygen atoms in total. The molecule has 150 valence electrons. The van der Waals surface area contributed by atoms with Gasteiger partial charge in [0.15, 0.2) is 0 Å². The number of amides is 2. The molecule has 0 spiro atoms. The topological polar surface area (TPSA) is 102 Å². The summed E-state index contributed by atoms with van der Waals surface area (Å²) < 4.78 is 5.78. The molecule has 0 unspecified atom stereocenters. The van der Waals surface area contributed by atoms with Crippen LogP contribution in [0.15, 0.2) is 15.7 Å². The van der Waals surface area contributed by atoms with Crippen molar-refractivity contribution in [2.75, 3.05) is 12.3 Å². The molecule has 2 amide bonds. The van der Waals surface area contributed by atoms with Crippen molar-refractivity contribution in [1.29, 1.82) is 0 Å². The predicted octanol–water partition coefficient (Wildman–Crippen LogP) is 2.88. The predicted molar refractivity (Wildman–Crippen MR) is 108 cm³/mol. The van der Waals surface area contributed by atoms with E-state index >= 15 is 0 Å². The Labute approximate surface area is 172 Å². The number of aryl methyl sites for hydroxylation is 1. The van der Waals surface area contributed by atoms with E-state index in [2.05, 4.69) is 23.2 Å². The summed E-state index contributed by atoms with van der Waals surface area (Å²) in [6, 6.07) is 1.66. The Morgan fingerprint density at radius 2 is 2.21 bits per heavy atom. The van der Waals surface area contributed by atoms with Crippen LogP contribution in [-0.2, 0) is 22.4 Å². The summed E-state index contributed by atoms with van der Waals surface area (Å²) in [4.78, 5) is 28.1. The van der Waals surface area contributed by atoms with Gasteiger partial charge in [0.2, 0.25) is 11.8 Å². The first-order chi connectivity index (χ1) is 13.5. The quantitative estimate of drug-likeness (QED) is 0.746. The number of aromatic nitrogens is 2. The second kappa shape index (κ2) is 8.24. The number of carbonyl (C=O) groups excluding carboxylic acids is 2. The van der Waals surface area contributed by atoms with E-state index in [4.69, 9.17) is 10.2 Å². The summed E-state index contributed by atoms with van der Waals surface area (Å²) in [6.45, 7) is 2.85. The molecule has 3 heterocycles. The normalized spacial score (nSPS) is 22.1. The molecule has 0 aromatic carbocycles. The molecule has 2 aromatic rings. The van der Waals surface area contributed by atoms with Gasteiger partial charge < -0.3 is 15.1 Å². The number of carbonyl (C=O) groups is 2. The van der Waals surface area contributed by atoms with Gasteiger partial charge in [0.1, 0.15) is 6.04 Å². The smallest absolute Gasteiger partial charge is 0.277 e. The number of primary amides is 1. The first kappa shape index (κ1) is 19.4. The number of hydrogen-bond acceptors (Lipinski definition) is 7. The molecule has 9 heteroatoms. The summed E-state index contributed by atoms with van der Waals surface area (Å²) in [5.41, 5.74) is 6.83. The number of nitrogens with zero attached hydrogens (tertiary/aromatic N) is 3.